The molecule has 0 aliphatic carbocycles. The van der Waals surface area contributed by atoms with Crippen LogP contribution >= 0.6 is 11.6 Å². The fraction of sp³-hybridized carbons (Fsp3) is 0.688. The van der Waals surface area contributed by atoms with Gasteiger partial charge in [0.05, 0.1) is 5.02 Å². The molecule has 0 spiro atoms. The van der Waals surface area contributed by atoms with E-state index in [9.17, 15) is 0 Å². The van der Waals surface area contributed by atoms with Crippen LogP contribution in [0.25, 0.3) is 0 Å². The Hall–Kier alpha value is -0.840. The molecule has 118 valence electrons. The van der Waals surface area contributed by atoms with Gasteiger partial charge < -0.3 is 15.1 Å². The van der Waals surface area contributed by atoms with Crippen LogP contribution in [-0.2, 0) is 6.54 Å². The minimum atomic E-state index is 0.448. The average Bonchev–Trinajstić information content (AvgIpc) is 2.46. The molecule has 0 radical (unpaired) electrons. The molecular formula is C16H27ClN4. The van der Waals surface area contributed by atoms with E-state index in [2.05, 4.69) is 54.1 Å². The first-order chi connectivity index (χ1) is 9.97. The van der Waals surface area contributed by atoms with E-state index in [4.69, 9.17) is 11.6 Å². The lowest BCUT2D eigenvalue weighted by molar-refractivity contribution is 0.252. The summed E-state index contributed by atoms with van der Waals surface area (Å²) in [5.41, 5.74) is 1.12. The van der Waals surface area contributed by atoms with E-state index in [1.807, 2.05) is 0 Å². The zero-order valence-corrected chi connectivity index (χ0v) is 14.3. The summed E-state index contributed by atoms with van der Waals surface area (Å²) in [5.74, 6) is 1.02. The van der Waals surface area contributed by atoms with Crippen LogP contribution in [0.15, 0.2) is 12.3 Å². The first-order valence-corrected chi connectivity index (χ1v) is 8.14. The van der Waals surface area contributed by atoms with Crippen LogP contribution in [0, 0.1) is 0 Å². The summed E-state index contributed by atoms with van der Waals surface area (Å²) in [6, 6.07) is 3.14. The molecule has 0 saturated carbocycles. The van der Waals surface area contributed by atoms with Gasteiger partial charge in [-0.3, -0.25) is 0 Å². The van der Waals surface area contributed by atoms with Crippen molar-refractivity contribution < 1.29 is 0 Å². The Bertz CT molecular complexity index is 456. The third-order valence-corrected chi connectivity index (χ3v) is 4.56. The van der Waals surface area contributed by atoms with Gasteiger partial charge in [-0.25, -0.2) is 4.98 Å². The molecule has 0 aromatic carbocycles. The van der Waals surface area contributed by atoms with Gasteiger partial charge in [-0.2, -0.15) is 0 Å². The number of rotatable bonds is 5. The number of aromatic nitrogens is 1. The van der Waals surface area contributed by atoms with Crippen molar-refractivity contribution >= 4 is 17.4 Å². The van der Waals surface area contributed by atoms with Crippen molar-refractivity contribution in [3.05, 3.63) is 22.8 Å². The smallest absolute Gasteiger partial charge is 0.128 e. The molecule has 1 aromatic heterocycles. The van der Waals surface area contributed by atoms with Gasteiger partial charge in [0, 0.05) is 31.9 Å². The summed E-state index contributed by atoms with van der Waals surface area (Å²) in [7, 11) is 4.33. The molecule has 1 N–H and O–H groups in total. The fourth-order valence-electron chi connectivity index (χ4n) is 2.68. The number of nitrogens with one attached hydrogen (secondary N) is 1. The molecule has 0 unspecified atom stereocenters. The monoisotopic (exact) mass is 310 g/mol. The van der Waals surface area contributed by atoms with Gasteiger partial charge in [0.15, 0.2) is 0 Å². The largest absolute Gasteiger partial charge is 0.357 e. The predicted octanol–water partition coefficient (Wildman–Crippen LogP) is 2.76. The zero-order chi connectivity index (χ0) is 15.4. The summed E-state index contributed by atoms with van der Waals surface area (Å²) >= 11 is 6.26. The van der Waals surface area contributed by atoms with E-state index in [1.54, 1.807) is 6.20 Å². The van der Waals surface area contributed by atoms with Crippen molar-refractivity contribution in [3.63, 3.8) is 0 Å². The van der Waals surface area contributed by atoms with Crippen molar-refractivity contribution in [2.24, 2.45) is 0 Å². The van der Waals surface area contributed by atoms with Gasteiger partial charge in [-0.15, -0.1) is 0 Å². The van der Waals surface area contributed by atoms with Crippen molar-refractivity contribution in [1.82, 2.24) is 15.2 Å². The zero-order valence-electron chi connectivity index (χ0n) is 13.6. The van der Waals surface area contributed by atoms with Gasteiger partial charge >= 0.3 is 0 Å². The maximum Gasteiger partial charge on any atom is 0.128 e. The van der Waals surface area contributed by atoms with Crippen LogP contribution in [0.4, 0.5) is 5.82 Å². The molecular weight excluding hydrogens is 284 g/mol. The summed E-state index contributed by atoms with van der Waals surface area (Å²) in [6.07, 6.45) is 4.16. The number of piperidine rings is 1. The van der Waals surface area contributed by atoms with Crippen LogP contribution in [0.3, 0.4) is 0 Å². The van der Waals surface area contributed by atoms with E-state index in [1.165, 1.54) is 12.8 Å². The number of hydrogen-bond donors (Lipinski definition) is 1. The van der Waals surface area contributed by atoms with Crippen LogP contribution in [0.1, 0.15) is 32.3 Å². The van der Waals surface area contributed by atoms with E-state index in [0.29, 0.717) is 12.1 Å². The topological polar surface area (TPSA) is 31.4 Å². The van der Waals surface area contributed by atoms with Gasteiger partial charge in [0.2, 0.25) is 0 Å². The molecule has 5 heteroatoms. The van der Waals surface area contributed by atoms with Crippen molar-refractivity contribution in [2.45, 2.75) is 45.3 Å². The average molecular weight is 311 g/mol. The second-order valence-corrected chi connectivity index (χ2v) is 6.72. The summed E-state index contributed by atoms with van der Waals surface area (Å²) in [5, 5.41) is 4.16. The molecule has 21 heavy (non-hydrogen) atoms. The molecule has 1 aliphatic heterocycles. The lowest BCUT2D eigenvalue weighted by Crippen LogP contribution is -2.42. The molecule has 1 saturated heterocycles. The number of nitrogens with zero attached hydrogens (tertiary/aromatic N) is 3. The molecule has 0 atom stereocenters. The van der Waals surface area contributed by atoms with Crippen LogP contribution in [0.5, 0.6) is 0 Å². The summed E-state index contributed by atoms with van der Waals surface area (Å²) in [4.78, 5) is 9.21. The maximum absolute atomic E-state index is 6.26. The maximum atomic E-state index is 6.26. The predicted molar refractivity (Wildman–Crippen MR) is 90.1 cm³/mol. The Morgan fingerprint density at radius 2 is 2.10 bits per heavy atom. The van der Waals surface area contributed by atoms with Gasteiger partial charge in [0.1, 0.15) is 5.82 Å². The lowest BCUT2D eigenvalue weighted by Gasteiger charge is -2.35. The second kappa shape index (κ2) is 7.43. The highest BCUT2D eigenvalue weighted by molar-refractivity contribution is 6.31. The standard InChI is InChI=1S/C16H27ClN4/c1-12(2)18-10-13-9-16(19-11-15(13)17)21(4)14-5-7-20(3)8-6-14/h9,11-12,14,18H,5-8,10H2,1-4H3. The number of pyridine rings is 1. The first-order valence-electron chi connectivity index (χ1n) is 7.76. The Morgan fingerprint density at radius 1 is 1.43 bits per heavy atom. The Kier molecular flexibility index (Phi) is 5.85. The Labute approximate surface area is 133 Å². The van der Waals surface area contributed by atoms with Gasteiger partial charge in [-0.1, -0.05) is 25.4 Å². The van der Waals surface area contributed by atoms with Crippen LogP contribution < -0.4 is 10.2 Å². The van der Waals surface area contributed by atoms with Crippen molar-refractivity contribution in [3.8, 4) is 0 Å². The van der Waals surface area contributed by atoms with E-state index >= 15 is 0 Å². The highest BCUT2D eigenvalue weighted by Crippen LogP contribution is 2.24. The molecule has 4 nitrogen and oxygen atoms in total. The molecule has 0 amide bonds. The van der Waals surface area contributed by atoms with Crippen molar-refractivity contribution in [2.75, 3.05) is 32.1 Å². The van der Waals surface area contributed by atoms with Crippen molar-refractivity contribution in [1.29, 1.82) is 0 Å². The summed E-state index contributed by atoms with van der Waals surface area (Å²) in [6.45, 7) is 7.38. The number of likely N-dealkylation sites (tertiary alicyclic amines) is 1. The Balaban J connectivity index is 2.06. The summed E-state index contributed by atoms with van der Waals surface area (Å²) < 4.78 is 0. The van der Waals surface area contributed by atoms with E-state index in [0.717, 1.165) is 36.0 Å². The molecule has 2 rings (SSSR count). The van der Waals surface area contributed by atoms with E-state index in [-0.39, 0.29) is 0 Å². The molecule has 0 bridgehead atoms. The quantitative estimate of drug-likeness (QED) is 0.906. The van der Waals surface area contributed by atoms with Gasteiger partial charge in [0.25, 0.3) is 0 Å². The minimum Gasteiger partial charge on any atom is -0.357 e. The SMILES string of the molecule is CC(C)NCc1cc(N(C)C2CCN(C)CC2)ncc1Cl. The second-order valence-electron chi connectivity index (χ2n) is 6.31. The molecule has 1 aliphatic rings. The first kappa shape index (κ1) is 16.5. The third-order valence-electron chi connectivity index (χ3n) is 4.22. The van der Waals surface area contributed by atoms with Crippen LogP contribution in [0.2, 0.25) is 5.02 Å². The minimum absolute atomic E-state index is 0.448. The normalized spacial score (nSPS) is 17.4. The highest BCUT2D eigenvalue weighted by atomic mass is 35.5. The van der Waals surface area contributed by atoms with Crippen LogP contribution in [-0.4, -0.2) is 49.2 Å². The fourth-order valence-corrected chi connectivity index (χ4v) is 2.85. The molecule has 1 aromatic rings. The third kappa shape index (κ3) is 4.56. The van der Waals surface area contributed by atoms with Gasteiger partial charge in [-0.05, 0) is 44.6 Å². The number of hydrogen-bond acceptors (Lipinski definition) is 4. The number of anilines is 1. The number of halogens is 1. The highest BCUT2D eigenvalue weighted by Gasteiger charge is 2.21. The Morgan fingerprint density at radius 3 is 2.71 bits per heavy atom. The van der Waals surface area contributed by atoms with E-state index < -0.39 is 0 Å². The molecule has 1 fully saturated rings. The lowest BCUT2D eigenvalue weighted by atomic mass is 10.0. The molecule has 2 heterocycles.